The largest absolute Gasteiger partial charge is 0.359 e. The van der Waals surface area contributed by atoms with Crippen molar-refractivity contribution in [3.8, 4) is 22.3 Å². The molecule has 2 aliphatic heterocycles. The van der Waals surface area contributed by atoms with Gasteiger partial charge in [-0.25, -0.2) is 0 Å². The number of benzene rings is 7. The van der Waals surface area contributed by atoms with Crippen molar-refractivity contribution in [1.29, 1.82) is 0 Å². The van der Waals surface area contributed by atoms with E-state index in [9.17, 15) is 0 Å². The number of rotatable bonds is 16. The lowest BCUT2D eigenvalue weighted by molar-refractivity contribution is -0.151. The van der Waals surface area contributed by atoms with Crippen LogP contribution in [0.2, 0.25) is 0 Å². The second-order valence-electron chi connectivity index (χ2n) is 18.5. The molecule has 0 fully saturated rings. The molecule has 0 aromatic heterocycles. The Labute approximate surface area is 395 Å². The van der Waals surface area contributed by atoms with Crippen LogP contribution < -0.4 is 9.80 Å². The Morgan fingerprint density at radius 2 is 0.561 bits per heavy atom. The van der Waals surface area contributed by atoms with Crippen molar-refractivity contribution in [1.82, 2.24) is 0 Å². The maximum atomic E-state index is 7.13. The van der Waals surface area contributed by atoms with E-state index in [0.29, 0.717) is 0 Å². The first-order chi connectivity index (χ1) is 32.2. The summed E-state index contributed by atoms with van der Waals surface area (Å²) in [5, 5.41) is 0. The molecule has 0 bridgehead atoms. The average molecular weight is 873 g/mol. The summed E-state index contributed by atoms with van der Waals surface area (Å²) in [6, 6.07) is 62.7. The number of para-hydroxylation sites is 2. The smallest absolute Gasteiger partial charge is 0.0942 e. The maximum absolute atomic E-state index is 7.13. The Morgan fingerprint density at radius 3 is 0.909 bits per heavy atom. The van der Waals surface area contributed by atoms with Gasteiger partial charge in [-0.15, -0.1) is 0 Å². The minimum absolute atomic E-state index is 0.240. The molecule has 0 radical (unpaired) electrons. The summed E-state index contributed by atoms with van der Waals surface area (Å²) in [6.07, 6.45) is 7.66. The first kappa shape index (κ1) is 45.2. The van der Waals surface area contributed by atoms with Gasteiger partial charge in [0.1, 0.15) is 0 Å². The SMILES string of the molecule is CCC1(CC)OC(CC)(CC)c2cc(-c3cccc(N(c4ccccc4)c4cccc(N(c5ccccc5)c5cccc(-c6ccc7c(c6)C(CC)(CC)OC7(CC)CC)c5)c4)c3)ccc21. The number of hydrogen-bond donors (Lipinski definition) is 0. The van der Waals surface area contributed by atoms with E-state index in [2.05, 4.69) is 235 Å². The zero-order valence-corrected chi connectivity index (χ0v) is 40.5. The number of fused-ring (bicyclic) bond motifs is 2. The van der Waals surface area contributed by atoms with Crippen LogP contribution in [-0.4, -0.2) is 0 Å². The Kier molecular flexibility index (Phi) is 12.6. The minimum atomic E-state index is -0.280. The second-order valence-corrected chi connectivity index (χ2v) is 18.5. The van der Waals surface area contributed by atoms with E-state index in [0.717, 1.165) is 85.5 Å². The molecule has 0 saturated heterocycles. The molecule has 0 unspecified atom stereocenters. The summed E-state index contributed by atoms with van der Waals surface area (Å²) < 4.78 is 14.3. The van der Waals surface area contributed by atoms with E-state index in [1.165, 1.54) is 44.5 Å². The predicted octanol–water partition coefficient (Wildman–Crippen LogP) is 18.1. The zero-order chi connectivity index (χ0) is 46.1. The van der Waals surface area contributed by atoms with Crippen LogP contribution in [0.5, 0.6) is 0 Å². The molecule has 0 amide bonds. The standard InChI is InChI=1S/C62H68N2O2/c1-9-59(10-2)55-38-36-47(42-57(55)61(13-5,14-6)65-59)45-26-23-32-51(40-45)63(49-28-19-17-20-29-49)53-34-25-35-54(44-53)64(50-30-21-18-22-31-50)52-33-24-27-46(41-52)48-37-39-56-58(43-48)62(15-7,16-8)66-60(56,11-3)12-4/h17-44H,9-16H2,1-8H3. The molecule has 66 heavy (non-hydrogen) atoms. The van der Waals surface area contributed by atoms with Crippen molar-refractivity contribution in [2.24, 2.45) is 0 Å². The van der Waals surface area contributed by atoms with Crippen LogP contribution in [0, 0.1) is 0 Å². The van der Waals surface area contributed by atoms with Gasteiger partial charge in [0.05, 0.1) is 22.4 Å². The Hall–Kier alpha value is -5.94. The van der Waals surface area contributed by atoms with Gasteiger partial charge in [-0.2, -0.15) is 0 Å². The highest BCUT2D eigenvalue weighted by atomic mass is 16.5. The van der Waals surface area contributed by atoms with E-state index in [4.69, 9.17) is 9.47 Å². The third kappa shape index (κ3) is 7.57. The van der Waals surface area contributed by atoms with E-state index in [-0.39, 0.29) is 22.4 Å². The Balaban J connectivity index is 1.13. The molecule has 0 N–H and O–H groups in total. The molecule has 0 atom stereocenters. The highest BCUT2D eigenvalue weighted by Gasteiger charge is 2.51. The second kappa shape index (κ2) is 18.4. The molecule has 9 rings (SSSR count). The van der Waals surface area contributed by atoms with E-state index in [1.807, 2.05) is 0 Å². The van der Waals surface area contributed by atoms with Crippen LogP contribution in [0.4, 0.5) is 34.1 Å². The van der Waals surface area contributed by atoms with Crippen molar-refractivity contribution in [3.63, 3.8) is 0 Å². The number of hydrogen-bond acceptors (Lipinski definition) is 4. The van der Waals surface area contributed by atoms with Gasteiger partial charge in [-0.05, 0) is 175 Å². The van der Waals surface area contributed by atoms with Gasteiger partial charge >= 0.3 is 0 Å². The van der Waals surface area contributed by atoms with Gasteiger partial charge in [0.25, 0.3) is 0 Å². The fourth-order valence-electron chi connectivity index (χ4n) is 11.5. The van der Waals surface area contributed by atoms with Crippen LogP contribution in [0.1, 0.15) is 129 Å². The Bertz CT molecular complexity index is 2590. The quantitative estimate of drug-likeness (QED) is 0.0966. The fourth-order valence-corrected chi connectivity index (χ4v) is 11.5. The van der Waals surface area contributed by atoms with Gasteiger partial charge < -0.3 is 19.3 Å². The molecule has 0 spiro atoms. The third-order valence-corrected chi connectivity index (χ3v) is 15.6. The van der Waals surface area contributed by atoms with Gasteiger partial charge in [0.15, 0.2) is 0 Å². The van der Waals surface area contributed by atoms with Gasteiger partial charge in [0, 0.05) is 34.1 Å². The average Bonchev–Trinajstić information content (AvgIpc) is 3.85. The number of ether oxygens (including phenoxy) is 2. The van der Waals surface area contributed by atoms with Gasteiger partial charge in [-0.3, -0.25) is 0 Å². The lowest BCUT2D eigenvalue weighted by Crippen LogP contribution is -2.31. The third-order valence-electron chi connectivity index (χ3n) is 15.6. The topological polar surface area (TPSA) is 24.9 Å². The lowest BCUT2D eigenvalue weighted by Gasteiger charge is -2.34. The van der Waals surface area contributed by atoms with Crippen molar-refractivity contribution in [2.45, 2.75) is 129 Å². The summed E-state index contributed by atoms with van der Waals surface area (Å²) in [5.74, 6) is 0. The molecule has 0 saturated carbocycles. The normalized spacial score (nSPS) is 16.1. The molecule has 0 aliphatic carbocycles. The first-order valence-corrected chi connectivity index (χ1v) is 24.9. The van der Waals surface area contributed by atoms with Crippen molar-refractivity contribution in [2.75, 3.05) is 9.80 Å². The molecule has 2 aliphatic rings. The molecular weight excluding hydrogens is 805 g/mol. The molecular formula is C62H68N2O2. The molecule has 7 aromatic carbocycles. The fraction of sp³-hybridized carbons (Fsp3) is 0.323. The number of nitrogens with zero attached hydrogens (tertiary/aromatic N) is 2. The zero-order valence-electron chi connectivity index (χ0n) is 40.5. The summed E-state index contributed by atoms with van der Waals surface area (Å²) in [7, 11) is 0. The van der Waals surface area contributed by atoms with Crippen molar-refractivity contribution < 1.29 is 9.47 Å². The van der Waals surface area contributed by atoms with Crippen LogP contribution in [0.15, 0.2) is 170 Å². The molecule has 4 nitrogen and oxygen atoms in total. The summed E-state index contributed by atoms with van der Waals surface area (Å²) in [5.41, 5.74) is 15.7. The minimum Gasteiger partial charge on any atom is -0.359 e. The van der Waals surface area contributed by atoms with Crippen LogP contribution in [0.3, 0.4) is 0 Å². The molecule has 2 heterocycles. The molecule has 338 valence electrons. The highest BCUT2D eigenvalue weighted by Crippen LogP contribution is 2.56. The van der Waals surface area contributed by atoms with Crippen LogP contribution in [0.25, 0.3) is 22.3 Å². The van der Waals surface area contributed by atoms with E-state index in [1.54, 1.807) is 0 Å². The predicted molar refractivity (Wildman–Crippen MR) is 278 cm³/mol. The lowest BCUT2D eigenvalue weighted by atomic mass is 9.81. The summed E-state index contributed by atoms with van der Waals surface area (Å²) >= 11 is 0. The van der Waals surface area contributed by atoms with Crippen LogP contribution >= 0.6 is 0 Å². The van der Waals surface area contributed by atoms with E-state index >= 15 is 0 Å². The summed E-state index contributed by atoms with van der Waals surface area (Å²) in [4.78, 5) is 4.77. The van der Waals surface area contributed by atoms with Crippen LogP contribution in [-0.2, 0) is 31.9 Å². The monoisotopic (exact) mass is 873 g/mol. The highest BCUT2D eigenvalue weighted by molar-refractivity contribution is 5.85. The number of anilines is 6. The molecule has 7 aromatic rings. The van der Waals surface area contributed by atoms with Gasteiger partial charge in [0.2, 0.25) is 0 Å². The Morgan fingerprint density at radius 1 is 0.273 bits per heavy atom. The van der Waals surface area contributed by atoms with Gasteiger partial charge in [-0.1, -0.05) is 146 Å². The summed E-state index contributed by atoms with van der Waals surface area (Å²) in [6.45, 7) is 18.2. The van der Waals surface area contributed by atoms with Crippen molar-refractivity contribution >= 4 is 34.1 Å². The van der Waals surface area contributed by atoms with Crippen molar-refractivity contribution in [3.05, 3.63) is 192 Å². The van der Waals surface area contributed by atoms with E-state index < -0.39 is 0 Å². The maximum Gasteiger partial charge on any atom is 0.0942 e. The molecule has 4 heteroatoms. The first-order valence-electron chi connectivity index (χ1n) is 24.9.